The number of para-hydroxylation sites is 1. The molecule has 0 bridgehead atoms. The minimum atomic E-state index is -0.460. The van der Waals surface area contributed by atoms with Crippen LogP contribution in [0.5, 0.6) is 0 Å². The molecular weight excluding hydrogens is 294 g/mol. The number of amides is 1. The third-order valence-electron chi connectivity index (χ3n) is 4.65. The number of rotatable bonds is 4. The molecule has 0 saturated heterocycles. The first kappa shape index (κ1) is 15.4. The van der Waals surface area contributed by atoms with E-state index in [-0.39, 0.29) is 17.5 Å². The smallest absolute Gasteiger partial charge is 0.273 e. The molecule has 1 N–H and O–H groups in total. The van der Waals surface area contributed by atoms with E-state index in [9.17, 15) is 14.9 Å². The molecule has 0 heterocycles. The minimum Gasteiger partial charge on any atom is -0.273 e. The summed E-state index contributed by atoms with van der Waals surface area (Å²) in [7, 11) is 0. The molecule has 1 saturated carbocycles. The molecule has 23 heavy (non-hydrogen) atoms. The molecule has 6 heteroatoms. The minimum absolute atomic E-state index is 0.0235. The van der Waals surface area contributed by atoms with E-state index in [2.05, 4.69) is 22.7 Å². The molecule has 120 valence electrons. The number of allylic oxidation sites excluding steroid dienone is 2. The zero-order valence-electron chi connectivity index (χ0n) is 12.7. The van der Waals surface area contributed by atoms with Crippen molar-refractivity contribution in [1.82, 2.24) is 5.43 Å². The van der Waals surface area contributed by atoms with E-state index in [0.29, 0.717) is 17.4 Å². The lowest BCUT2D eigenvalue weighted by atomic mass is 10.1. The van der Waals surface area contributed by atoms with E-state index >= 15 is 0 Å². The summed E-state index contributed by atoms with van der Waals surface area (Å²) in [6.07, 6.45) is 9.88. The average Bonchev–Trinajstić information content (AvgIpc) is 3.18. The van der Waals surface area contributed by atoms with Crippen LogP contribution in [0, 0.1) is 27.9 Å². The quantitative estimate of drug-likeness (QED) is 0.401. The van der Waals surface area contributed by atoms with Crippen LogP contribution in [0.25, 0.3) is 0 Å². The van der Waals surface area contributed by atoms with Gasteiger partial charge in [0.25, 0.3) is 5.69 Å². The molecule has 1 fully saturated rings. The number of carbonyl (C=O) groups is 1. The van der Waals surface area contributed by atoms with Crippen LogP contribution in [0.3, 0.4) is 0 Å². The highest BCUT2D eigenvalue weighted by Gasteiger charge is 2.53. The van der Waals surface area contributed by atoms with Gasteiger partial charge >= 0.3 is 0 Å². The van der Waals surface area contributed by atoms with Gasteiger partial charge in [-0.3, -0.25) is 14.9 Å². The zero-order chi connectivity index (χ0) is 16.2. The maximum atomic E-state index is 12.2. The highest BCUT2D eigenvalue weighted by molar-refractivity contribution is 5.87. The third kappa shape index (κ3) is 3.47. The normalized spacial score (nSPS) is 27.6. The molecule has 0 aromatic heterocycles. The van der Waals surface area contributed by atoms with Crippen LogP contribution >= 0.6 is 0 Å². The fraction of sp³-hybridized carbons (Fsp3) is 0.412. The highest BCUT2D eigenvalue weighted by Crippen LogP contribution is 2.52. The van der Waals surface area contributed by atoms with Crippen LogP contribution in [-0.2, 0) is 4.79 Å². The topological polar surface area (TPSA) is 84.6 Å². The van der Waals surface area contributed by atoms with Gasteiger partial charge in [0.2, 0.25) is 5.91 Å². The summed E-state index contributed by atoms with van der Waals surface area (Å²) >= 11 is 0. The highest BCUT2D eigenvalue weighted by atomic mass is 16.6. The molecule has 0 spiro atoms. The lowest BCUT2D eigenvalue weighted by Gasteiger charge is -1.99. The van der Waals surface area contributed by atoms with E-state index in [4.69, 9.17) is 0 Å². The Bertz CT molecular complexity index is 653. The van der Waals surface area contributed by atoms with Gasteiger partial charge in [-0.15, -0.1) is 0 Å². The number of hydrogen-bond donors (Lipinski definition) is 1. The maximum absolute atomic E-state index is 12.2. The molecular formula is C17H19N3O3. The fourth-order valence-corrected chi connectivity index (χ4v) is 3.44. The van der Waals surface area contributed by atoms with Gasteiger partial charge < -0.3 is 0 Å². The number of carbonyl (C=O) groups excluding carboxylic acids is 1. The second-order valence-electron chi connectivity index (χ2n) is 6.03. The molecule has 6 nitrogen and oxygen atoms in total. The lowest BCUT2D eigenvalue weighted by molar-refractivity contribution is -0.385. The van der Waals surface area contributed by atoms with E-state index in [1.165, 1.54) is 12.3 Å². The van der Waals surface area contributed by atoms with Crippen molar-refractivity contribution in [2.45, 2.75) is 25.7 Å². The molecule has 3 rings (SSSR count). The number of nitro benzene ring substituents is 1. The summed E-state index contributed by atoms with van der Waals surface area (Å²) in [6, 6.07) is 6.32. The maximum Gasteiger partial charge on any atom is 0.278 e. The summed E-state index contributed by atoms with van der Waals surface area (Å²) in [6.45, 7) is 0. The Balaban J connectivity index is 1.59. The van der Waals surface area contributed by atoms with Crippen LogP contribution < -0.4 is 5.43 Å². The largest absolute Gasteiger partial charge is 0.278 e. The molecule has 2 aliphatic rings. The number of hydrogen-bond acceptors (Lipinski definition) is 4. The zero-order valence-corrected chi connectivity index (χ0v) is 12.7. The Labute approximate surface area is 134 Å². The Morgan fingerprint density at radius 2 is 1.87 bits per heavy atom. The molecule has 2 aliphatic carbocycles. The molecule has 2 atom stereocenters. The summed E-state index contributed by atoms with van der Waals surface area (Å²) in [4.78, 5) is 22.7. The van der Waals surface area contributed by atoms with Crippen LogP contribution in [-0.4, -0.2) is 17.0 Å². The van der Waals surface area contributed by atoms with Crippen molar-refractivity contribution in [3.8, 4) is 0 Å². The van der Waals surface area contributed by atoms with Gasteiger partial charge in [0.05, 0.1) is 16.7 Å². The first-order valence-electron chi connectivity index (χ1n) is 7.90. The Hall–Kier alpha value is -2.50. The van der Waals surface area contributed by atoms with E-state index in [1.807, 2.05) is 0 Å². The first-order chi connectivity index (χ1) is 11.2. The Morgan fingerprint density at radius 1 is 1.22 bits per heavy atom. The van der Waals surface area contributed by atoms with Gasteiger partial charge in [0.15, 0.2) is 0 Å². The summed E-state index contributed by atoms with van der Waals surface area (Å²) in [5, 5.41) is 14.8. The van der Waals surface area contributed by atoms with Crippen LogP contribution in [0.2, 0.25) is 0 Å². The van der Waals surface area contributed by atoms with Crippen molar-refractivity contribution in [2.75, 3.05) is 0 Å². The first-order valence-corrected chi connectivity index (χ1v) is 7.90. The Kier molecular flexibility index (Phi) is 4.50. The molecule has 0 unspecified atom stereocenters. The van der Waals surface area contributed by atoms with Gasteiger partial charge in [-0.25, -0.2) is 5.43 Å². The van der Waals surface area contributed by atoms with Crippen molar-refractivity contribution < 1.29 is 9.72 Å². The van der Waals surface area contributed by atoms with Gasteiger partial charge in [-0.1, -0.05) is 24.3 Å². The van der Waals surface area contributed by atoms with E-state index in [1.54, 1.807) is 18.2 Å². The van der Waals surface area contributed by atoms with Crippen LogP contribution in [0.1, 0.15) is 31.2 Å². The van der Waals surface area contributed by atoms with Gasteiger partial charge in [0, 0.05) is 12.0 Å². The monoisotopic (exact) mass is 313 g/mol. The van der Waals surface area contributed by atoms with Gasteiger partial charge in [0.1, 0.15) is 0 Å². The predicted octanol–water partition coefficient (Wildman–Crippen LogP) is 3.04. The summed E-state index contributed by atoms with van der Waals surface area (Å²) < 4.78 is 0. The molecule has 1 aromatic carbocycles. The van der Waals surface area contributed by atoms with Gasteiger partial charge in [-0.2, -0.15) is 5.10 Å². The number of fused-ring (bicyclic) bond motifs is 1. The number of nitrogens with zero attached hydrogens (tertiary/aromatic N) is 2. The van der Waals surface area contributed by atoms with Crippen molar-refractivity contribution in [3.63, 3.8) is 0 Å². The summed E-state index contributed by atoms with van der Waals surface area (Å²) in [5.74, 6) is 0.886. The molecule has 1 aromatic rings. The lowest BCUT2D eigenvalue weighted by Crippen LogP contribution is -2.21. The standard InChI is InChI=1S/C17H19N3O3/c21-17(16-13-8-3-1-2-4-9-14(13)16)19-18-11-12-7-5-6-10-15(12)20(22)23/h1-2,5-7,10-11,13-14,16H,3-4,8-9H2,(H,19,21)/b2-1-,18-11-/t13-,14-/m1/s1. The van der Waals surface area contributed by atoms with Crippen molar-refractivity contribution >= 4 is 17.8 Å². The number of benzene rings is 1. The number of hydrazone groups is 1. The number of nitrogens with one attached hydrogen (secondary N) is 1. The van der Waals surface area contributed by atoms with Crippen molar-refractivity contribution in [3.05, 3.63) is 52.1 Å². The van der Waals surface area contributed by atoms with Crippen LogP contribution in [0.15, 0.2) is 41.5 Å². The SMILES string of the molecule is O=C(N/N=C\c1ccccc1[N+](=O)[O-])C1[C@@H]2CC/C=C\CC[C@@H]12. The predicted molar refractivity (Wildman–Crippen MR) is 86.9 cm³/mol. The van der Waals surface area contributed by atoms with Crippen molar-refractivity contribution in [1.29, 1.82) is 0 Å². The fourth-order valence-electron chi connectivity index (χ4n) is 3.44. The van der Waals surface area contributed by atoms with E-state index in [0.717, 1.165) is 25.7 Å². The average molecular weight is 313 g/mol. The second kappa shape index (κ2) is 6.73. The van der Waals surface area contributed by atoms with Gasteiger partial charge in [-0.05, 0) is 43.6 Å². The molecule has 0 radical (unpaired) electrons. The Morgan fingerprint density at radius 3 is 2.52 bits per heavy atom. The number of nitro groups is 1. The van der Waals surface area contributed by atoms with E-state index < -0.39 is 4.92 Å². The summed E-state index contributed by atoms with van der Waals surface area (Å²) in [5.41, 5.74) is 2.90. The van der Waals surface area contributed by atoms with Crippen molar-refractivity contribution in [2.24, 2.45) is 22.9 Å². The van der Waals surface area contributed by atoms with Crippen LogP contribution in [0.4, 0.5) is 5.69 Å². The third-order valence-corrected chi connectivity index (χ3v) is 4.65. The molecule has 1 amide bonds. The second-order valence-corrected chi connectivity index (χ2v) is 6.03. The molecule has 0 aliphatic heterocycles.